The van der Waals surface area contributed by atoms with E-state index < -0.39 is 12.0 Å². The molecule has 0 aliphatic carbocycles. The maximum absolute atomic E-state index is 11.0. The lowest BCUT2D eigenvalue weighted by Gasteiger charge is -2.22. The van der Waals surface area contributed by atoms with Crippen molar-refractivity contribution in [3.05, 3.63) is 29.8 Å². The van der Waals surface area contributed by atoms with E-state index in [9.17, 15) is 4.79 Å². The van der Waals surface area contributed by atoms with Gasteiger partial charge in [-0.1, -0.05) is 0 Å². The third-order valence-corrected chi connectivity index (χ3v) is 3.14. The Morgan fingerprint density at radius 3 is 2.65 bits per heavy atom. The molecule has 106 valence electrons. The molecule has 7 nitrogen and oxygen atoms in total. The van der Waals surface area contributed by atoms with Gasteiger partial charge in [0, 0.05) is 12.7 Å². The first-order chi connectivity index (χ1) is 9.40. The Hall–Kier alpha value is -2.44. The normalized spacial score (nSPS) is 12.2. The van der Waals surface area contributed by atoms with Crippen LogP contribution in [-0.2, 0) is 4.79 Å². The molecule has 2 aromatic rings. The van der Waals surface area contributed by atoms with Gasteiger partial charge in [0.05, 0.1) is 18.1 Å². The van der Waals surface area contributed by atoms with Gasteiger partial charge in [-0.3, -0.25) is 4.98 Å². The third kappa shape index (κ3) is 2.61. The molecule has 0 radical (unpaired) electrons. The molecule has 0 aliphatic rings. The zero-order valence-corrected chi connectivity index (χ0v) is 11.9. The summed E-state index contributed by atoms with van der Waals surface area (Å²) >= 11 is 0. The lowest BCUT2D eigenvalue weighted by Crippen LogP contribution is -2.36. The van der Waals surface area contributed by atoms with E-state index in [1.165, 1.54) is 6.20 Å². The predicted molar refractivity (Wildman–Crippen MR) is 74.1 cm³/mol. The van der Waals surface area contributed by atoms with E-state index in [0.29, 0.717) is 11.6 Å². The Morgan fingerprint density at radius 1 is 1.40 bits per heavy atom. The number of carboxylic acid groups (broad SMARTS) is 1. The summed E-state index contributed by atoms with van der Waals surface area (Å²) in [5.74, 6) is 0.147. The van der Waals surface area contributed by atoms with Crippen LogP contribution in [-0.4, -0.2) is 43.9 Å². The fourth-order valence-corrected chi connectivity index (χ4v) is 1.84. The number of rotatable bonds is 4. The highest BCUT2D eigenvalue weighted by Crippen LogP contribution is 2.15. The molecule has 2 heterocycles. The lowest BCUT2D eigenvalue weighted by molar-refractivity contribution is -0.138. The van der Waals surface area contributed by atoms with Gasteiger partial charge in [-0.15, -0.1) is 0 Å². The van der Waals surface area contributed by atoms with Crippen LogP contribution < -0.4 is 4.90 Å². The van der Waals surface area contributed by atoms with E-state index >= 15 is 0 Å². The Labute approximate surface area is 116 Å². The molecule has 0 amide bonds. The van der Waals surface area contributed by atoms with Crippen LogP contribution in [0.15, 0.2) is 18.5 Å². The van der Waals surface area contributed by atoms with Gasteiger partial charge in [0.2, 0.25) is 0 Å². The average Bonchev–Trinajstić information content (AvgIpc) is 2.76. The molecule has 0 saturated heterocycles. The number of anilines is 1. The van der Waals surface area contributed by atoms with Gasteiger partial charge >= 0.3 is 5.97 Å². The number of aryl methyl sites for hydroxylation is 2. The maximum atomic E-state index is 11.0. The highest BCUT2D eigenvalue weighted by atomic mass is 16.4. The van der Waals surface area contributed by atoms with Gasteiger partial charge in [0.1, 0.15) is 11.9 Å². The Morgan fingerprint density at radius 2 is 2.10 bits per heavy atom. The van der Waals surface area contributed by atoms with E-state index in [2.05, 4.69) is 15.1 Å². The molecule has 0 spiro atoms. The van der Waals surface area contributed by atoms with E-state index in [0.717, 1.165) is 11.4 Å². The number of hydrogen-bond acceptors (Lipinski definition) is 5. The van der Waals surface area contributed by atoms with Crippen molar-refractivity contribution in [2.24, 2.45) is 0 Å². The summed E-state index contributed by atoms with van der Waals surface area (Å²) in [6, 6.07) is 1.26. The monoisotopic (exact) mass is 275 g/mol. The zero-order chi connectivity index (χ0) is 14.9. The first-order valence-electron chi connectivity index (χ1n) is 6.21. The summed E-state index contributed by atoms with van der Waals surface area (Å²) in [7, 11) is 1.67. The first-order valence-corrected chi connectivity index (χ1v) is 6.21. The van der Waals surface area contributed by atoms with E-state index in [-0.39, 0.29) is 0 Å². The zero-order valence-electron chi connectivity index (χ0n) is 11.9. The van der Waals surface area contributed by atoms with E-state index in [1.54, 1.807) is 29.7 Å². The van der Waals surface area contributed by atoms with E-state index in [1.807, 2.05) is 19.9 Å². The summed E-state index contributed by atoms with van der Waals surface area (Å²) in [4.78, 5) is 21.1. The van der Waals surface area contributed by atoms with Crippen LogP contribution in [0.2, 0.25) is 0 Å². The molecule has 0 aromatic carbocycles. The minimum Gasteiger partial charge on any atom is -0.480 e. The van der Waals surface area contributed by atoms with Crippen LogP contribution in [0.5, 0.6) is 0 Å². The summed E-state index contributed by atoms with van der Waals surface area (Å²) in [5, 5.41) is 13.4. The van der Waals surface area contributed by atoms with Gasteiger partial charge in [-0.2, -0.15) is 5.10 Å². The molecule has 1 unspecified atom stereocenters. The molecular weight excluding hydrogens is 258 g/mol. The molecule has 0 fully saturated rings. The van der Waals surface area contributed by atoms with Crippen molar-refractivity contribution in [2.75, 3.05) is 11.9 Å². The van der Waals surface area contributed by atoms with Gasteiger partial charge in [0.15, 0.2) is 5.82 Å². The number of aliphatic carboxylic acids is 1. The van der Waals surface area contributed by atoms with Crippen molar-refractivity contribution in [3.63, 3.8) is 0 Å². The van der Waals surface area contributed by atoms with Gasteiger partial charge in [-0.05, 0) is 26.8 Å². The second-order valence-corrected chi connectivity index (χ2v) is 4.70. The number of nitrogens with zero attached hydrogens (tertiary/aromatic N) is 5. The molecule has 0 saturated carbocycles. The average molecular weight is 275 g/mol. The number of hydrogen-bond donors (Lipinski definition) is 1. The Balaban J connectivity index is 2.38. The molecule has 0 aliphatic heterocycles. The van der Waals surface area contributed by atoms with Crippen molar-refractivity contribution in [1.29, 1.82) is 0 Å². The third-order valence-electron chi connectivity index (χ3n) is 3.14. The van der Waals surface area contributed by atoms with Crippen molar-refractivity contribution < 1.29 is 9.90 Å². The number of likely N-dealkylation sites (N-methyl/N-ethyl adjacent to an activating group) is 1. The fourth-order valence-electron chi connectivity index (χ4n) is 1.84. The smallest absolute Gasteiger partial charge is 0.326 e. The molecule has 20 heavy (non-hydrogen) atoms. The second kappa shape index (κ2) is 5.28. The van der Waals surface area contributed by atoms with Crippen LogP contribution in [0, 0.1) is 13.8 Å². The number of carbonyl (C=O) groups is 1. The fraction of sp³-hybridized carbons (Fsp3) is 0.385. The maximum Gasteiger partial charge on any atom is 0.326 e. The van der Waals surface area contributed by atoms with Crippen molar-refractivity contribution >= 4 is 11.8 Å². The molecule has 2 rings (SSSR count). The van der Waals surface area contributed by atoms with Crippen molar-refractivity contribution in [1.82, 2.24) is 19.7 Å². The van der Waals surface area contributed by atoms with Crippen LogP contribution in [0.1, 0.15) is 18.3 Å². The second-order valence-electron chi connectivity index (χ2n) is 4.70. The highest BCUT2D eigenvalue weighted by molar-refractivity contribution is 5.76. The van der Waals surface area contributed by atoms with Gasteiger partial charge in [0.25, 0.3) is 0 Å². The summed E-state index contributed by atoms with van der Waals surface area (Å²) in [5.41, 5.74) is 1.84. The minimum atomic E-state index is -0.911. The molecule has 7 heteroatoms. The first kappa shape index (κ1) is 14.0. The quantitative estimate of drug-likeness (QED) is 0.902. The number of carboxylic acids is 1. The highest BCUT2D eigenvalue weighted by Gasteiger charge is 2.19. The number of aromatic nitrogens is 4. The van der Waals surface area contributed by atoms with Gasteiger partial charge < -0.3 is 10.0 Å². The molecule has 2 aromatic heterocycles. The molecule has 1 atom stereocenters. The molecule has 0 bridgehead atoms. The Kier molecular flexibility index (Phi) is 3.69. The lowest BCUT2D eigenvalue weighted by atomic mass is 10.3. The molecule has 1 N–H and O–H groups in total. The topological polar surface area (TPSA) is 84.1 Å². The van der Waals surface area contributed by atoms with Crippen LogP contribution >= 0.6 is 0 Å². The largest absolute Gasteiger partial charge is 0.480 e. The molecular formula is C13H17N5O2. The van der Waals surface area contributed by atoms with E-state index in [4.69, 9.17) is 5.11 Å². The summed E-state index contributed by atoms with van der Waals surface area (Å²) in [6.07, 6.45) is 3.14. The summed E-state index contributed by atoms with van der Waals surface area (Å²) in [6.45, 7) is 5.43. The van der Waals surface area contributed by atoms with Crippen LogP contribution in [0.25, 0.3) is 5.82 Å². The van der Waals surface area contributed by atoms with Gasteiger partial charge in [-0.25, -0.2) is 14.5 Å². The standard InChI is InChI=1S/C13H17N5O2/c1-8-5-9(2)18(16-8)12-7-14-6-11(15-12)17(4)10(3)13(19)20/h5-7,10H,1-4H3,(H,19,20). The van der Waals surface area contributed by atoms with Crippen molar-refractivity contribution in [2.45, 2.75) is 26.8 Å². The van der Waals surface area contributed by atoms with Crippen LogP contribution in [0.3, 0.4) is 0 Å². The summed E-state index contributed by atoms with van der Waals surface area (Å²) < 4.78 is 1.69. The predicted octanol–water partition coefficient (Wildman–Crippen LogP) is 1.19. The SMILES string of the molecule is Cc1cc(C)n(-c2cncc(N(C)C(C)C(=O)O)n2)n1. The van der Waals surface area contributed by atoms with Crippen LogP contribution in [0.4, 0.5) is 5.82 Å². The Bertz CT molecular complexity index is 637. The minimum absolute atomic E-state index is 0.491. The van der Waals surface area contributed by atoms with Crippen molar-refractivity contribution in [3.8, 4) is 5.82 Å².